The topological polar surface area (TPSA) is 111 Å². The van der Waals surface area contributed by atoms with Gasteiger partial charge in [-0.25, -0.2) is 0 Å². The molecule has 2 aromatic carbocycles. The van der Waals surface area contributed by atoms with Gasteiger partial charge in [-0.2, -0.15) is 0 Å². The smallest absolute Gasteiger partial charge is 0.296 e. The molecule has 0 aliphatic carbocycles. The summed E-state index contributed by atoms with van der Waals surface area (Å²) in [6, 6.07) is 9.63. The number of hydrogen-bond donors (Lipinski definition) is 1. The fourth-order valence-corrected chi connectivity index (χ4v) is 3.26. The van der Waals surface area contributed by atoms with Crippen molar-refractivity contribution in [3.63, 3.8) is 0 Å². The van der Waals surface area contributed by atoms with Gasteiger partial charge in [0, 0.05) is 13.0 Å². The Hall–Kier alpha value is -3.62. The van der Waals surface area contributed by atoms with Gasteiger partial charge in [-0.15, -0.1) is 0 Å². The minimum Gasteiger partial charge on any atom is -0.496 e. The third-order valence-electron chi connectivity index (χ3n) is 4.78. The molecule has 1 aliphatic heterocycles. The highest BCUT2D eigenvalue weighted by molar-refractivity contribution is 6.04. The number of hydrogen-bond acceptors (Lipinski definition) is 6. The van der Waals surface area contributed by atoms with E-state index in [9.17, 15) is 19.7 Å². The molecule has 152 valence electrons. The zero-order valence-corrected chi connectivity index (χ0v) is 16.3. The summed E-state index contributed by atoms with van der Waals surface area (Å²) in [5.74, 6) is -0.465. The third kappa shape index (κ3) is 4.13. The van der Waals surface area contributed by atoms with Crippen LogP contribution in [0.5, 0.6) is 11.5 Å². The minimum atomic E-state index is -0.644. The number of benzene rings is 2. The maximum absolute atomic E-state index is 12.7. The van der Waals surface area contributed by atoms with Gasteiger partial charge in [-0.1, -0.05) is 6.07 Å². The summed E-state index contributed by atoms with van der Waals surface area (Å²) in [6.45, 7) is 2.06. The molecule has 0 bridgehead atoms. The van der Waals surface area contributed by atoms with E-state index in [0.717, 1.165) is 5.56 Å². The standard InChI is InChI=1S/C20H21N3O6/c1-12-4-7-18(29-3)17(8-12)22-11-13(9-19(22)24)20(25)21-15-6-5-14(28-2)10-16(15)23(26)27/h4-8,10,13H,9,11H2,1-3H3,(H,21,25). The Kier molecular flexibility index (Phi) is 5.67. The summed E-state index contributed by atoms with van der Waals surface area (Å²) >= 11 is 0. The minimum absolute atomic E-state index is 0.00683. The van der Waals surface area contributed by atoms with Gasteiger partial charge in [0.05, 0.1) is 36.8 Å². The molecule has 1 saturated heterocycles. The van der Waals surface area contributed by atoms with E-state index in [1.807, 2.05) is 19.1 Å². The van der Waals surface area contributed by atoms with Crippen molar-refractivity contribution in [2.45, 2.75) is 13.3 Å². The van der Waals surface area contributed by atoms with Crippen molar-refractivity contribution < 1.29 is 24.0 Å². The van der Waals surface area contributed by atoms with Crippen LogP contribution in [-0.2, 0) is 9.59 Å². The van der Waals surface area contributed by atoms with Gasteiger partial charge in [-0.3, -0.25) is 19.7 Å². The van der Waals surface area contributed by atoms with E-state index < -0.39 is 16.7 Å². The predicted molar refractivity (Wildman–Crippen MR) is 106 cm³/mol. The molecule has 0 radical (unpaired) electrons. The van der Waals surface area contributed by atoms with Gasteiger partial charge >= 0.3 is 0 Å². The second-order valence-corrected chi connectivity index (χ2v) is 6.71. The molecule has 2 amide bonds. The van der Waals surface area contributed by atoms with Crippen LogP contribution < -0.4 is 19.7 Å². The molecule has 29 heavy (non-hydrogen) atoms. The lowest BCUT2D eigenvalue weighted by Gasteiger charge is -2.20. The highest BCUT2D eigenvalue weighted by atomic mass is 16.6. The van der Waals surface area contributed by atoms with Crippen LogP contribution >= 0.6 is 0 Å². The van der Waals surface area contributed by atoms with Crippen molar-refractivity contribution in [3.8, 4) is 11.5 Å². The fraction of sp³-hybridized carbons (Fsp3) is 0.300. The lowest BCUT2D eigenvalue weighted by Crippen LogP contribution is -2.28. The quantitative estimate of drug-likeness (QED) is 0.591. The average molecular weight is 399 g/mol. The number of rotatable bonds is 6. The number of anilines is 2. The van der Waals surface area contributed by atoms with Crippen LogP contribution in [0, 0.1) is 23.0 Å². The van der Waals surface area contributed by atoms with E-state index in [-0.39, 0.29) is 30.2 Å². The number of amides is 2. The summed E-state index contributed by atoms with van der Waals surface area (Å²) in [7, 11) is 2.91. The van der Waals surface area contributed by atoms with Crippen LogP contribution in [0.4, 0.5) is 17.1 Å². The van der Waals surface area contributed by atoms with Crippen LogP contribution in [0.3, 0.4) is 0 Å². The molecular formula is C20H21N3O6. The summed E-state index contributed by atoms with van der Waals surface area (Å²) < 4.78 is 10.3. The first-order valence-electron chi connectivity index (χ1n) is 8.92. The maximum atomic E-state index is 12.7. The normalized spacial score (nSPS) is 15.9. The van der Waals surface area contributed by atoms with E-state index in [4.69, 9.17) is 9.47 Å². The van der Waals surface area contributed by atoms with Crippen molar-refractivity contribution in [1.29, 1.82) is 0 Å². The van der Waals surface area contributed by atoms with Crippen molar-refractivity contribution in [2.75, 3.05) is 31.0 Å². The first kappa shape index (κ1) is 20.1. The summed E-state index contributed by atoms with van der Waals surface area (Å²) in [4.78, 5) is 37.5. The number of nitro groups is 1. The molecule has 1 aliphatic rings. The van der Waals surface area contributed by atoms with E-state index in [1.54, 1.807) is 6.07 Å². The highest BCUT2D eigenvalue weighted by Gasteiger charge is 2.37. The lowest BCUT2D eigenvalue weighted by molar-refractivity contribution is -0.384. The number of methoxy groups -OCH3 is 2. The Bertz CT molecular complexity index is 975. The molecule has 0 saturated carbocycles. The Morgan fingerprint density at radius 3 is 2.62 bits per heavy atom. The van der Waals surface area contributed by atoms with Crippen molar-refractivity contribution in [2.24, 2.45) is 5.92 Å². The summed E-state index contributed by atoms with van der Waals surface area (Å²) in [5.41, 5.74) is 1.33. The van der Waals surface area contributed by atoms with E-state index in [1.165, 1.54) is 37.3 Å². The van der Waals surface area contributed by atoms with E-state index >= 15 is 0 Å². The molecule has 0 aromatic heterocycles. The average Bonchev–Trinajstić information content (AvgIpc) is 3.09. The summed E-state index contributed by atoms with van der Waals surface area (Å²) in [5, 5.41) is 13.9. The Morgan fingerprint density at radius 1 is 1.21 bits per heavy atom. The van der Waals surface area contributed by atoms with Crippen LogP contribution in [0.2, 0.25) is 0 Å². The number of nitrogens with one attached hydrogen (secondary N) is 1. The van der Waals surface area contributed by atoms with Crippen molar-refractivity contribution >= 4 is 28.9 Å². The first-order valence-corrected chi connectivity index (χ1v) is 8.92. The number of carbonyl (C=O) groups excluding carboxylic acids is 2. The van der Waals surface area contributed by atoms with Crippen LogP contribution in [-0.4, -0.2) is 37.5 Å². The van der Waals surface area contributed by atoms with Gasteiger partial charge < -0.3 is 19.7 Å². The second kappa shape index (κ2) is 8.17. The van der Waals surface area contributed by atoms with Crippen LogP contribution in [0.15, 0.2) is 36.4 Å². The van der Waals surface area contributed by atoms with Crippen LogP contribution in [0.25, 0.3) is 0 Å². The molecular weight excluding hydrogens is 378 g/mol. The van der Waals surface area contributed by atoms with E-state index in [0.29, 0.717) is 17.2 Å². The maximum Gasteiger partial charge on any atom is 0.296 e. The van der Waals surface area contributed by atoms with Crippen LogP contribution in [0.1, 0.15) is 12.0 Å². The van der Waals surface area contributed by atoms with Crippen molar-refractivity contribution in [3.05, 3.63) is 52.1 Å². The molecule has 1 heterocycles. The molecule has 1 atom stereocenters. The van der Waals surface area contributed by atoms with Gasteiger partial charge in [0.15, 0.2) is 0 Å². The van der Waals surface area contributed by atoms with E-state index in [2.05, 4.69) is 5.32 Å². The molecule has 9 nitrogen and oxygen atoms in total. The zero-order valence-electron chi connectivity index (χ0n) is 16.3. The number of carbonyl (C=O) groups is 2. The Morgan fingerprint density at radius 2 is 1.97 bits per heavy atom. The largest absolute Gasteiger partial charge is 0.496 e. The predicted octanol–water partition coefficient (Wildman–Crippen LogP) is 2.91. The SMILES string of the molecule is COc1ccc(NC(=O)C2CC(=O)N(c3cc(C)ccc3OC)C2)c([N+](=O)[O-])c1. The molecule has 9 heteroatoms. The Balaban J connectivity index is 1.80. The monoisotopic (exact) mass is 399 g/mol. The summed E-state index contributed by atoms with van der Waals surface area (Å²) in [6.07, 6.45) is 0.00683. The molecule has 3 rings (SSSR count). The molecule has 1 unspecified atom stereocenters. The lowest BCUT2D eigenvalue weighted by atomic mass is 10.1. The number of aryl methyl sites for hydroxylation is 1. The fourth-order valence-electron chi connectivity index (χ4n) is 3.26. The van der Waals surface area contributed by atoms with Gasteiger partial charge in [-0.05, 0) is 36.8 Å². The highest BCUT2D eigenvalue weighted by Crippen LogP contribution is 2.35. The number of nitrogens with zero attached hydrogens (tertiary/aromatic N) is 2. The van der Waals surface area contributed by atoms with Gasteiger partial charge in [0.25, 0.3) is 5.69 Å². The van der Waals surface area contributed by atoms with Gasteiger partial charge in [0.1, 0.15) is 17.2 Å². The Labute approximate surface area is 167 Å². The number of nitro benzene ring substituents is 1. The molecule has 1 N–H and O–H groups in total. The van der Waals surface area contributed by atoms with Crippen molar-refractivity contribution in [1.82, 2.24) is 0 Å². The third-order valence-corrected chi connectivity index (χ3v) is 4.78. The zero-order chi connectivity index (χ0) is 21.1. The number of ether oxygens (including phenoxy) is 2. The van der Waals surface area contributed by atoms with Gasteiger partial charge in [0.2, 0.25) is 11.8 Å². The second-order valence-electron chi connectivity index (χ2n) is 6.71. The molecule has 2 aromatic rings. The molecule has 0 spiro atoms. The first-order chi connectivity index (χ1) is 13.8. The molecule has 1 fully saturated rings.